The van der Waals surface area contributed by atoms with E-state index < -0.39 is 5.97 Å². The summed E-state index contributed by atoms with van der Waals surface area (Å²) in [5, 5.41) is 15.4. The minimum atomic E-state index is -0.918. The zero-order valence-electron chi connectivity index (χ0n) is 17.4. The smallest absolute Gasteiger partial charge is 0.303 e. The number of carbonyl (C=O) groups excluding carboxylic acids is 2. The van der Waals surface area contributed by atoms with Crippen molar-refractivity contribution in [1.29, 1.82) is 0 Å². The molecular weight excluding hydrogens is 400 g/mol. The number of hydrogen-bond acceptors (Lipinski definition) is 4. The molecule has 0 spiro atoms. The molecule has 1 atom stereocenters. The lowest BCUT2D eigenvalue weighted by atomic mass is 9.95. The SMILES string of the molecule is Cc1ccc(CNC(=O)c2c(NC(=O)C[C@@H](C)CC(=O)O)sc3c2CCCC3)cc1. The van der Waals surface area contributed by atoms with Gasteiger partial charge in [-0.3, -0.25) is 14.4 Å². The van der Waals surface area contributed by atoms with Crippen LogP contribution in [0.2, 0.25) is 0 Å². The predicted molar refractivity (Wildman–Crippen MR) is 118 cm³/mol. The molecule has 1 aromatic carbocycles. The highest BCUT2D eigenvalue weighted by molar-refractivity contribution is 7.17. The molecule has 1 aliphatic rings. The van der Waals surface area contributed by atoms with E-state index in [2.05, 4.69) is 10.6 Å². The van der Waals surface area contributed by atoms with Crippen LogP contribution in [-0.2, 0) is 29.0 Å². The van der Waals surface area contributed by atoms with Crippen molar-refractivity contribution in [2.24, 2.45) is 5.92 Å². The molecule has 3 N–H and O–H groups in total. The van der Waals surface area contributed by atoms with Crippen molar-refractivity contribution < 1.29 is 19.5 Å². The molecule has 0 unspecified atom stereocenters. The molecule has 1 heterocycles. The largest absolute Gasteiger partial charge is 0.481 e. The van der Waals surface area contributed by atoms with Gasteiger partial charge in [-0.2, -0.15) is 0 Å². The second kappa shape index (κ2) is 9.89. The molecule has 7 heteroatoms. The summed E-state index contributed by atoms with van der Waals surface area (Å²) in [7, 11) is 0. The highest BCUT2D eigenvalue weighted by Gasteiger charge is 2.26. The van der Waals surface area contributed by atoms with Crippen LogP contribution in [0.3, 0.4) is 0 Å². The van der Waals surface area contributed by atoms with Crippen LogP contribution in [0.1, 0.15) is 64.5 Å². The number of thiophene rings is 1. The summed E-state index contributed by atoms with van der Waals surface area (Å²) in [4.78, 5) is 37.5. The molecule has 2 aromatic rings. The number of fused-ring (bicyclic) bond motifs is 1. The van der Waals surface area contributed by atoms with Gasteiger partial charge in [0.25, 0.3) is 5.91 Å². The number of anilines is 1. The summed E-state index contributed by atoms with van der Waals surface area (Å²) in [6.45, 7) is 4.18. The van der Waals surface area contributed by atoms with E-state index in [4.69, 9.17) is 5.11 Å². The van der Waals surface area contributed by atoms with Gasteiger partial charge in [0.15, 0.2) is 0 Å². The number of rotatable bonds is 8. The third-order valence-corrected chi connectivity index (χ3v) is 6.49. The predicted octanol–water partition coefficient (Wildman–Crippen LogP) is 4.30. The molecule has 0 saturated heterocycles. The molecule has 1 aliphatic carbocycles. The highest BCUT2D eigenvalue weighted by Crippen LogP contribution is 2.38. The number of aryl methyl sites for hydroxylation is 2. The summed E-state index contributed by atoms with van der Waals surface area (Å²) in [6.07, 6.45) is 3.93. The van der Waals surface area contributed by atoms with Crippen molar-refractivity contribution in [2.45, 2.75) is 58.9 Å². The fourth-order valence-electron chi connectivity index (χ4n) is 3.74. The Balaban J connectivity index is 1.74. The first-order chi connectivity index (χ1) is 14.3. The van der Waals surface area contributed by atoms with Gasteiger partial charge in [-0.05, 0) is 49.7 Å². The lowest BCUT2D eigenvalue weighted by Gasteiger charge is -2.14. The van der Waals surface area contributed by atoms with Crippen LogP contribution in [0, 0.1) is 12.8 Å². The van der Waals surface area contributed by atoms with Crippen LogP contribution >= 0.6 is 11.3 Å². The first kappa shape index (κ1) is 22.0. The van der Waals surface area contributed by atoms with E-state index in [1.54, 1.807) is 6.92 Å². The first-order valence-corrected chi connectivity index (χ1v) is 11.1. The number of amides is 2. The number of nitrogens with one attached hydrogen (secondary N) is 2. The van der Waals surface area contributed by atoms with E-state index >= 15 is 0 Å². The molecule has 30 heavy (non-hydrogen) atoms. The molecule has 2 amide bonds. The van der Waals surface area contributed by atoms with Gasteiger partial charge in [0.2, 0.25) is 5.91 Å². The second-order valence-corrected chi connectivity index (χ2v) is 9.14. The maximum atomic E-state index is 13.1. The Bertz CT molecular complexity index is 933. The molecule has 6 nitrogen and oxygen atoms in total. The minimum Gasteiger partial charge on any atom is -0.481 e. The van der Waals surface area contributed by atoms with Crippen LogP contribution < -0.4 is 10.6 Å². The van der Waals surface area contributed by atoms with E-state index in [9.17, 15) is 14.4 Å². The van der Waals surface area contributed by atoms with Crippen molar-refractivity contribution in [3.05, 3.63) is 51.4 Å². The topological polar surface area (TPSA) is 95.5 Å². The van der Waals surface area contributed by atoms with Crippen molar-refractivity contribution >= 4 is 34.1 Å². The van der Waals surface area contributed by atoms with Gasteiger partial charge in [-0.1, -0.05) is 36.8 Å². The Morgan fingerprint density at radius 3 is 2.50 bits per heavy atom. The van der Waals surface area contributed by atoms with Gasteiger partial charge >= 0.3 is 5.97 Å². The monoisotopic (exact) mass is 428 g/mol. The van der Waals surface area contributed by atoms with Gasteiger partial charge in [0, 0.05) is 24.3 Å². The fourth-order valence-corrected chi connectivity index (χ4v) is 5.04. The molecule has 0 fully saturated rings. The van der Waals surface area contributed by atoms with Crippen molar-refractivity contribution in [3.8, 4) is 0 Å². The fraction of sp³-hybridized carbons (Fsp3) is 0.435. The van der Waals surface area contributed by atoms with Gasteiger partial charge in [0.1, 0.15) is 5.00 Å². The lowest BCUT2D eigenvalue weighted by Crippen LogP contribution is -2.25. The molecule has 1 aromatic heterocycles. The maximum absolute atomic E-state index is 13.1. The quantitative estimate of drug-likeness (QED) is 0.584. The van der Waals surface area contributed by atoms with Crippen LogP contribution in [0.5, 0.6) is 0 Å². The molecule has 0 radical (unpaired) electrons. The molecule has 0 aliphatic heterocycles. The average Bonchev–Trinajstić information content (AvgIpc) is 3.04. The van der Waals surface area contributed by atoms with Gasteiger partial charge in [-0.25, -0.2) is 0 Å². The number of carbonyl (C=O) groups is 3. The maximum Gasteiger partial charge on any atom is 0.303 e. The zero-order chi connectivity index (χ0) is 21.7. The Morgan fingerprint density at radius 1 is 1.10 bits per heavy atom. The van der Waals surface area contributed by atoms with Crippen LogP contribution in [0.4, 0.5) is 5.00 Å². The molecule has 0 bridgehead atoms. The van der Waals surface area contributed by atoms with Gasteiger partial charge in [0.05, 0.1) is 5.56 Å². The van der Waals surface area contributed by atoms with Gasteiger partial charge < -0.3 is 15.7 Å². The lowest BCUT2D eigenvalue weighted by molar-refractivity contribution is -0.138. The zero-order valence-corrected chi connectivity index (χ0v) is 18.2. The first-order valence-electron chi connectivity index (χ1n) is 10.3. The molecular formula is C23H28N2O4S. The minimum absolute atomic E-state index is 0.0573. The van der Waals surface area contributed by atoms with E-state index in [0.29, 0.717) is 17.1 Å². The number of carboxylic acids is 1. The van der Waals surface area contributed by atoms with Crippen molar-refractivity contribution in [3.63, 3.8) is 0 Å². The third kappa shape index (κ3) is 5.69. The summed E-state index contributed by atoms with van der Waals surface area (Å²) in [6, 6.07) is 8.01. The molecule has 0 saturated carbocycles. The number of carboxylic acid groups (broad SMARTS) is 1. The van der Waals surface area contributed by atoms with Crippen molar-refractivity contribution in [1.82, 2.24) is 5.32 Å². The summed E-state index contributed by atoms with van der Waals surface area (Å²) >= 11 is 1.47. The Hall–Kier alpha value is -2.67. The van der Waals surface area contributed by atoms with E-state index in [-0.39, 0.29) is 30.6 Å². The van der Waals surface area contributed by atoms with E-state index in [1.165, 1.54) is 16.9 Å². The standard InChI is InChI=1S/C23H28N2O4S/c1-14-7-9-16(10-8-14)13-24-22(29)21-17-5-3-4-6-18(17)30-23(21)25-19(26)11-15(2)12-20(27)28/h7-10,15H,3-6,11-13H2,1-2H3,(H,24,29)(H,25,26)(H,27,28)/t15-/m1/s1. The Kier molecular flexibility index (Phi) is 7.26. The number of aliphatic carboxylic acids is 1. The summed E-state index contributed by atoms with van der Waals surface area (Å²) < 4.78 is 0. The van der Waals surface area contributed by atoms with E-state index in [1.807, 2.05) is 31.2 Å². The third-order valence-electron chi connectivity index (χ3n) is 5.28. The Morgan fingerprint density at radius 2 is 1.80 bits per heavy atom. The second-order valence-electron chi connectivity index (χ2n) is 8.04. The van der Waals surface area contributed by atoms with Crippen LogP contribution in [0.15, 0.2) is 24.3 Å². The number of benzene rings is 1. The van der Waals surface area contributed by atoms with Crippen LogP contribution in [-0.4, -0.2) is 22.9 Å². The highest BCUT2D eigenvalue weighted by atomic mass is 32.1. The summed E-state index contributed by atoms with van der Waals surface area (Å²) in [5.41, 5.74) is 3.80. The number of hydrogen-bond donors (Lipinski definition) is 3. The van der Waals surface area contributed by atoms with Crippen LogP contribution in [0.25, 0.3) is 0 Å². The summed E-state index contributed by atoms with van der Waals surface area (Å²) in [5.74, 6) is -1.62. The van der Waals surface area contributed by atoms with Gasteiger partial charge in [-0.15, -0.1) is 11.3 Å². The molecule has 160 valence electrons. The molecule has 3 rings (SSSR count). The normalized spacial score (nSPS) is 13.9. The van der Waals surface area contributed by atoms with Crippen molar-refractivity contribution in [2.75, 3.05) is 5.32 Å². The van der Waals surface area contributed by atoms with E-state index in [0.717, 1.165) is 41.7 Å². The average molecular weight is 429 g/mol. The Labute approximate surface area is 180 Å².